The van der Waals surface area contributed by atoms with Crippen molar-refractivity contribution >= 4 is 12.0 Å². The van der Waals surface area contributed by atoms with Crippen molar-refractivity contribution < 1.29 is 19.7 Å². The molecule has 2 aromatic carbocycles. The summed E-state index contributed by atoms with van der Waals surface area (Å²) >= 11 is 0. The number of ether oxygens (including phenoxy) is 1. The third-order valence-electron chi connectivity index (χ3n) is 7.28. The first-order valence-electron chi connectivity index (χ1n) is 13.3. The summed E-state index contributed by atoms with van der Waals surface area (Å²) in [5.41, 5.74) is 4.92. The van der Waals surface area contributed by atoms with Crippen LogP contribution < -0.4 is 5.32 Å². The van der Waals surface area contributed by atoms with E-state index in [4.69, 9.17) is 4.74 Å². The molecule has 0 aromatic heterocycles. The number of carboxylic acids is 1. The van der Waals surface area contributed by atoms with E-state index < -0.39 is 12.1 Å². The Morgan fingerprint density at radius 3 is 2.42 bits per heavy atom. The predicted octanol–water partition coefficient (Wildman–Crippen LogP) is 5.81. The number of aliphatic hydroxyl groups is 1. The van der Waals surface area contributed by atoms with Crippen molar-refractivity contribution in [2.24, 2.45) is 11.8 Å². The lowest BCUT2D eigenvalue weighted by Gasteiger charge is -2.31. The Bertz CT molecular complexity index is 990. The van der Waals surface area contributed by atoms with Crippen LogP contribution in [0.5, 0.6) is 0 Å². The van der Waals surface area contributed by atoms with E-state index in [1.165, 1.54) is 11.1 Å². The molecule has 0 bridgehead atoms. The van der Waals surface area contributed by atoms with E-state index in [1.807, 2.05) is 50.3 Å². The van der Waals surface area contributed by atoms with Crippen LogP contribution in [0.1, 0.15) is 75.3 Å². The van der Waals surface area contributed by atoms with Crippen molar-refractivity contribution in [2.45, 2.75) is 77.5 Å². The molecule has 3 atom stereocenters. The number of aliphatic hydroxyl groups excluding tert-OH is 1. The van der Waals surface area contributed by atoms with Crippen molar-refractivity contribution in [3.8, 4) is 0 Å². The van der Waals surface area contributed by atoms with E-state index in [9.17, 15) is 15.0 Å². The number of carbonyl (C=O) groups is 1. The molecule has 3 rings (SSSR count). The highest BCUT2D eigenvalue weighted by molar-refractivity contribution is 5.70. The first-order chi connectivity index (χ1) is 17.2. The summed E-state index contributed by atoms with van der Waals surface area (Å²) in [6, 6.07) is 16.7. The third-order valence-corrected chi connectivity index (χ3v) is 7.28. The van der Waals surface area contributed by atoms with Gasteiger partial charge >= 0.3 is 5.97 Å². The average molecular weight is 494 g/mol. The molecule has 0 aliphatic heterocycles. The topological polar surface area (TPSA) is 78.8 Å². The largest absolute Gasteiger partial charge is 0.481 e. The molecule has 0 radical (unpaired) electrons. The lowest BCUT2D eigenvalue weighted by Crippen LogP contribution is -2.45. The standard InChI is InChI=1S/C31H43NO4/c1-5-24(30(34)35)14-10-15-25-11-8-9-16-29(25)22(2)36-21-28(33)20-32-31(3,4)19-23-17-26-12-6-7-13-27(26)18-23/h6-13,15-16,22-24,28,32-33H,5,14,17-21H2,1-4H3,(H,34,35)/t22-,24?,28-/m1/s1. The average Bonchev–Trinajstić information content (AvgIpc) is 3.25. The fourth-order valence-corrected chi connectivity index (χ4v) is 5.22. The van der Waals surface area contributed by atoms with Gasteiger partial charge in [-0.3, -0.25) is 4.79 Å². The SMILES string of the molecule is CCC(CC=Cc1ccccc1[C@@H](C)OC[C@H](O)CNC(C)(C)CC1Cc2ccccc2C1)C(=O)O. The highest BCUT2D eigenvalue weighted by Crippen LogP contribution is 2.32. The van der Waals surface area contributed by atoms with E-state index in [-0.39, 0.29) is 24.2 Å². The summed E-state index contributed by atoms with van der Waals surface area (Å²) in [4.78, 5) is 11.3. The summed E-state index contributed by atoms with van der Waals surface area (Å²) in [6.07, 6.45) is 7.55. The molecule has 0 spiro atoms. The molecule has 1 aliphatic carbocycles. The summed E-state index contributed by atoms with van der Waals surface area (Å²) < 4.78 is 6.04. The summed E-state index contributed by atoms with van der Waals surface area (Å²) in [7, 11) is 0. The Balaban J connectivity index is 1.45. The van der Waals surface area contributed by atoms with Gasteiger partial charge in [0.25, 0.3) is 0 Å². The van der Waals surface area contributed by atoms with E-state index >= 15 is 0 Å². The second-order valence-electron chi connectivity index (χ2n) is 10.9. The van der Waals surface area contributed by atoms with Crippen LogP contribution in [0.3, 0.4) is 0 Å². The van der Waals surface area contributed by atoms with Gasteiger partial charge in [0, 0.05) is 12.1 Å². The number of fused-ring (bicyclic) bond motifs is 1. The van der Waals surface area contributed by atoms with Crippen LogP contribution in [-0.4, -0.2) is 41.0 Å². The van der Waals surface area contributed by atoms with Crippen LogP contribution in [0.15, 0.2) is 54.6 Å². The van der Waals surface area contributed by atoms with Gasteiger partial charge in [0.05, 0.1) is 24.7 Å². The lowest BCUT2D eigenvalue weighted by molar-refractivity contribution is -0.141. The van der Waals surface area contributed by atoms with Gasteiger partial charge in [-0.25, -0.2) is 0 Å². The molecule has 2 aromatic rings. The van der Waals surface area contributed by atoms with Crippen LogP contribution in [0.4, 0.5) is 0 Å². The fraction of sp³-hybridized carbons (Fsp3) is 0.516. The number of carboxylic acid groups (broad SMARTS) is 1. The van der Waals surface area contributed by atoms with Crippen LogP contribution in [0.2, 0.25) is 0 Å². The summed E-state index contributed by atoms with van der Waals surface area (Å²) in [5, 5.41) is 23.4. The normalized spacial score (nSPS) is 16.7. The zero-order chi connectivity index (χ0) is 26.1. The van der Waals surface area contributed by atoms with Crippen molar-refractivity contribution in [3.05, 3.63) is 76.9 Å². The van der Waals surface area contributed by atoms with Crippen molar-refractivity contribution in [1.29, 1.82) is 0 Å². The number of allylic oxidation sites excluding steroid dienone is 1. The molecule has 5 nitrogen and oxygen atoms in total. The fourth-order valence-electron chi connectivity index (χ4n) is 5.22. The molecule has 0 amide bonds. The molecule has 1 unspecified atom stereocenters. The Morgan fingerprint density at radius 2 is 1.78 bits per heavy atom. The minimum absolute atomic E-state index is 0.0665. The zero-order valence-corrected chi connectivity index (χ0v) is 22.2. The Labute approximate surface area is 216 Å². The Morgan fingerprint density at radius 1 is 1.14 bits per heavy atom. The number of rotatable bonds is 14. The maximum atomic E-state index is 11.3. The van der Waals surface area contributed by atoms with E-state index in [0.717, 1.165) is 30.4 Å². The summed E-state index contributed by atoms with van der Waals surface area (Å²) in [6.45, 7) is 9.03. The van der Waals surface area contributed by atoms with Gasteiger partial charge in [0.2, 0.25) is 0 Å². The molecule has 1 aliphatic rings. The maximum absolute atomic E-state index is 11.3. The number of hydrogen-bond acceptors (Lipinski definition) is 4. The predicted molar refractivity (Wildman–Crippen MR) is 146 cm³/mol. The highest BCUT2D eigenvalue weighted by Gasteiger charge is 2.28. The van der Waals surface area contributed by atoms with Crippen molar-refractivity contribution in [2.75, 3.05) is 13.2 Å². The van der Waals surface area contributed by atoms with Gasteiger partial charge in [-0.2, -0.15) is 0 Å². The molecule has 0 saturated heterocycles. The molecule has 36 heavy (non-hydrogen) atoms. The van der Waals surface area contributed by atoms with Gasteiger partial charge < -0.3 is 20.3 Å². The number of hydrogen-bond donors (Lipinski definition) is 3. The number of benzene rings is 2. The first-order valence-corrected chi connectivity index (χ1v) is 13.3. The van der Waals surface area contributed by atoms with Crippen LogP contribution in [0.25, 0.3) is 6.08 Å². The number of nitrogens with one attached hydrogen (secondary N) is 1. The van der Waals surface area contributed by atoms with Crippen LogP contribution in [-0.2, 0) is 22.4 Å². The van der Waals surface area contributed by atoms with Gasteiger partial charge in [-0.1, -0.05) is 67.6 Å². The molecule has 0 fully saturated rings. The molecular formula is C31H43NO4. The number of β-amino-alcohol motifs (C(OH)–C–C–N with tert-alkyl or cyclic N) is 1. The molecular weight excluding hydrogens is 450 g/mol. The highest BCUT2D eigenvalue weighted by atomic mass is 16.5. The minimum Gasteiger partial charge on any atom is -0.481 e. The minimum atomic E-state index is -0.758. The van der Waals surface area contributed by atoms with Gasteiger partial charge in [-0.15, -0.1) is 0 Å². The smallest absolute Gasteiger partial charge is 0.306 e. The Kier molecular flexibility index (Phi) is 10.3. The first kappa shape index (κ1) is 28.1. The molecule has 5 heteroatoms. The number of aliphatic carboxylic acids is 1. The monoisotopic (exact) mass is 493 g/mol. The Hall–Kier alpha value is -2.47. The van der Waals surface area contributed by atoms with Crippen molar-refractivity contribution in [3.63, 3.8) is 0 Å². The van der Waals surface area contributed by atoms with Crippen LogP contribution >= 0.6 is 0 Å². The molecule has 0 heterocycles. The van der Waals surface area contributed by atoms with E-state index in [1.54, 1.807) is 0 Å². The zero-order valence-electron chi connectivity index (χ0n) is 22.2. The lowest BCUT2D eigenvalue weighted by atomic mass is 9.88. The van der Waals surface area contributed by atoms with Gasteiger partial charge in [-0.05, 0) is 81.0 Å². The summed E-state index contributed by atoms with van der Waals surface area (Å²) in [5.74, 6) is -0.491. The second-order valence-corrected chi connectivity index (χ2v) is 10.9. The van der Waals surface area contributed by atoms with Gasteiger partial charge in [0.15, 0.2) is 0 Å². The van der Waals surface area contributed by atoms with Crippen molar-refractivity contribution in [1.82, 2.24) is 5.32 Å². The van der Waals surface area contributed by atoms with E-state index in [2.05, 4.69) is 43.4 Å². The second kappa shape index (κ2) is 13.2. The third kappa shape index (κ3) is 8.29. The molecule has 0 saturated carbocycles. The van der Waals surface area contributed by atoms with E-state index in [0.29, 0.717) is 25.3 Å². The van der Waals surface area contributed by atoms with Gasteiger partial charge in [0.1, 0.15) is 0 Å². The molecule has 196 valence electrons. The quantitative estimate of drug-likeness (QED) is 0.309. The van der Waals surface area contributed by atoms with Crippen LogP contribution in [0, 0.1) is 11.8 Å². The molecule has 3 N–H and O–H groups in total. The maximum Gasteiger partial charge on any atom is 0.306 e.